The van der Waals surface area contributed by atoms with Gasteiger partial charge in [-0.1, -0.05) is 30.3 Å². The minimum Gasteiger partial charge on any atom is -0.444 e. The van der Waals surface area contributed by atoms with Crippen LogP contribution in [-0.4, -0.2) is 24.5 Å². The number of carbonyl (C=O) groups excluding carboxylic acids is 2. The number of hydrogen-bond donors (Lipinski definition) is 1. The van der Waals surface area contributed by atoms with Crippen molar-refractivity contribution in [2.45, 2.75) is 33.3 Å². The quantitative estimate of drug-likeness (QED) is 0.822. The van der Waals surface area contributed by atoms with Gasteiger partial charge in [-0.3, -0.25) is 4.79 Å². The smallest absolute Gasteiger partial charge is 0.407 e. The molecule has 1 amide bonds. The lowest BCUT2D eigenvalue weighted by Crippen LogP contribution is -2.32. The van der Waals surface area contributed by atoms with Crippen LogP contribution in [0.2, 0.25) is 0 Å². The Labute approximate surface area is 108 Å². The normalized spacial score (nSPS) is 9.78. The number of aldehydes is 1. The molecule has 1 N–H and O–H groups in total. The van der Waals surface area contributed by atoms with Crippen LogP contribution >= 0.6 is 0 Å². The summed E-state index contributed by atoms with van der Waals surface area (Å²) in [6, 6.07) is 9.10. The molecule has 4 nitrogen and oxygen atoms in total. The zero-order valence-corrected chi connectivity index (χ0v) is 11.4. The van der Waals surface area contributed by atoms with Gasteiger partial charge in [0, 0.05) is 12.1 Å². The summed E-state index contributed by atoms with van der Waals surface area (Å²) in [7, 11) is 0. The lowest BCUT2D eigenvalue weighted by Gasteiger charge is -2.19. The lowest BCUT2D eigenvalue weighted by molar-refractivity contribution is 0.0531. The van der Waals surface area contributed by atoms with E-state index in [0.29, 0.717) is 6.54 Å². The molecular formula is C14H21NO3. The van der Waals surface area contributed by atoms with Crippen LogP contribution in [0, 0.1) is 0 Å². The maximum absolute atomic E-state index is 10.7. The molecule has 0 heterocycles. The fourth-order valence-corrected chi connectivity index (χ4v) is 0.990. The Hall–Kier alpha value is -1.84. The Bertz CT molecular complexity index is 355. The summed E-state index contributed by atoms with van der Waals surface area (Å²) in [6.45, 7) is 7.96. The molecule has 1 aromatic carbocycles. The molecule has 0 aromatic heterocycles. The van der Waals surface area contributed by atoms with E-state index in [-0.39, 0.29) is 11.7 Å². The van der Waals surface area contributed by atoms with Crippen LogP contribution < -0.4 is 5.32 Å². The Balaban J connectivity index is 0.000000327. The van der Waals surface area contributed by atoms with Crippen LogP contribution in [0.15, 0.2) is 30.3 Å². The van der Waals surface area contributed by atoms with E-state index in [1.165, 1.54) is 0 Å². The van der Waals surface area contributed by atoms with Crippen molar-refractivity contribution in [1.29, 1.82) is 0 Å². The van der Waals surface area contributed by atoms with Gasteiger partial charge in [0.15, 0.2) is 0 Å². The van der Waals surface area contributed by atoms with E-state index in [1.807, 2.05) is 45.9 Å². The van der Waals surface area contributed by atoms with Crippen LogP contribution in [0.25, 0.3) is 0 Å². The van der Waals surface area contributed by atoms with Gasteiger partial charge in [0.2, 0.25) is 0 Å². The van der Waals surface area contributed by atoms with E-state index in [4.69, 9.17) is 4.74 Å². The maximum Gasteiger partial charge on any atom is 0.407 e. The summed E-state index contributed by atoms with van der Waals surface area (Å²) in [6.07, 6.45) is 0.481. The van der Waals surface area contributed by atoms with Crippen LogP contribution in [0.1, 0.15) is 38.1 Å². The molecule has 18 heavy (non-hydrogen) atoms. The molecule has 1 aromatic rings. The molecule has 0 bridgehead atoms. The van der Waals surface area contributed by atoms with Gasteiger partial charge in [-0.25, -0.2) is 4.79 Å². The molecule has 0 spiro atoms. The summed E-state index contributed by atoms with van der Waals surface area (Å²) in [5, 5.41) is 2.54. The predicted octanol–water partition coefficient (Wildman–Crippen LogP) is 3.03. The third kappa shape index (κ3) is 9.39. The highest BCUT2D eigenvalue weighted by Gasteiger charge is 2.14. The third-order valence-electron chi connectivity index (χ3n) is 1.66. The molecule has 0 saturated carbocycles. The zero-order valence-electron chi connectivity index (χ0n) is 11.4. The average molecular weight is 251 g/mol. The molecule has 0 aliphatic carbocycles. The first-order chi connectivity index (χ1) is 8.39. The topological polar surface area (TPSA) is 55.4 Å². The van der Waals surface area contributed by atoms with E-state index in [9.17, 15) is 9.59 Å². The SMILES string of the molecule is CCNC(=O)OC(C)(C)C.O=Cc1ccccc1. The highest BCUT2D eigenvalue weighted by molar-refractivity contribution is 5.74. The van der Waals surface area contributed by atoms with Crippen molar-refractivity contribution in [2.75, 3.05) is 6.54 Å². The van der Waals surface area contributed by atoms with Gasteiger partial charge in [0.1, 0.15) is 11.9 Å². The van der Waals surface area contributed by atoms with E-state index in [1.54, 1.807) is 12.1 Å². The van der Waals surface area contributed by atoms with Gasteiger partial charge >= 0.3 is 6.09 Å². The second-order valence-corrected chi connectivity index (χ2v) is 4.56. The first kappa shape index (κ1) is 16.2. The molecule has 1 rings (SSSR count). The Kier molecular flexibility index (Phi) is 7.43. The number of rotatable bonds is 2. The number of nitrogens with one attached hydrogen (secondary N) is 1. The molecule has 0 unspecified atom stereocenters. The van der Waals surface area contributed by atoms with E-state index in [2.05, 4.69) is 5.32 Å². The molecule has 0 aliphatic rings. The minimum absolute atomic E-state index is 0.352. The monoisotopic (exact) mass is 251 g/mol. The first-order valence-electron chi connectivity index (χ1n) is 5.86. The van der Waals surface area contributed by atoms with Crippen LogP contribution in [0.5, 0.6) is 0 Å². The summed E-state index contributed by atoms with van der Waals surface area (Å²) >= 11 is 0. The van der Waals surface area contributed by atoms with Gasteiger partial charge < -0.3 is 10.1 Å². The van der Waals surface area contributed by atoms with Crippen LogP contribution in [-0.2, 0) is 4.74 Å². The Morgan fingerprint density at radius 1 is 1.28 bits per heavy atom. The second-order valence-electron chi connectivity index (χ2n) is 4.56. The van der Waals surface area contributed by atoms with Crippen molar-refractivity contribution in [1.82, 2.24) is 5.32 Å². The van der Waals surface area contributed by atoms with Crippen molar-refractivity contribution in [3.8, 4) is 0 Å². The second kappa shape index (κ2) is 8.28. The van der Waals surface area contributed by atoms with Gasteiger partial charge in [0.05, 0.1) is 0 Å². The molecule has 0 saturated heterocycles. The standard InChI is InChI=1S/C7H15NO2.C7H6O/c1-5-8-6(9)10-7(2,3)4;8-6-7-4-2-1-3-5-7/h5H2,1-4H3,(H,8,9);1-6H. The fourth-order valence-electron chi connectivity index (χ4n) is 0.990. The molecule has 100 valence electrons. The largest absolute Gasteiger partial charge is 0.444 e. The van der Waals surface area contributed by atoms with E-state index >= 15 is 0 Å². The number of alkyl carbamates (subject to hydrolysis) is 1. The minimum atomic E-state index is -0.390. The van der Waals surface area contributed by atoms with Crippen LogP contribution in [0.4, 0.5) is 4.79 Å². The molecule has 0 atom stereocenters. The van der Waals surface area contributed by atoms with Crippen molar-refractivity contribution in [3.63, 3.8) is 0 Å². The van der Waals surface area contributed by atoms with Crippen LogP contribution in [0.3, 0.4) is 0 Å². The van der Waals surface area contributed by atoms with Gasteiger partial charge in [-0.15, -0.1) is 0 Å². The highest BCUT2D eigenvalue weighted by atomic mass is 16.6. The lowest BCUT2D eigenvalue weighted by atomic mass is 10.2. The molecule has 0 aliphatic heterocycles. The number of carbonyl (C=O) groups is 2. The third-order valence-corrected chi connectivity index (χ3v) is 1.66. The molecular weight excluding hydrogens is 230 g/mol. The Morgan fingerprint density at radius 2 is 1.83 bits per heavy atom. The summed E-state index contributed by atoms with van der Waals surface area (Å²) in [5.41, 5.74) is 0.340. The van der Waals surface area contributed by atoms with Crippen molar-refractivity contribution in [2.24, 2.45) is 0 Å². The number of hydrogen-bond acceptors (Lipinski definition) is 3. The zero-order chi connectivity index (χ0) is 14.0. The first-order valence-corrected chi connectivity index (χ1v) is 5.86. The van der Waals surface area contributed by atoms with Crippen molar-refractivity contribution < 1.29 is 14.3 Å². The number of ether oxygens (including phenoxy) is 1. The molecule has 4 heteroatoms. The Morgan fingerprint density at radius 3 is 2.17 bits per heavy atom. The molecule has 0 fully saturated rings. The van der Waals surface area contributed by atoms with Crippen molar-refractivity contribution >= 4 is 12.4 Å². The maximum atomic E-state index is 10.7. The van der Waals surface area contributed by atoms with Gasteiger partial charge in [-0.2, -0.15) is 0 Å². The number of benzene rings is 1. The van der Waals surface area contributed by atoms with Gasteiger partial charge in [0.25, 0.3) is 0 Å². The summed E-state index contributed by atoms with van der Waals surface area (Å²) in [4.78, 5) is 20.7. The average Bonchev–Trinajstić information content (AvgIpc) is 2.29. The summed E-state index contributed by atoms with van der Waals surface area (Å²) in [5.74, 6) is 0. The van der Waals surface area contributed by atoms with Gasteiger partial charge in [-0.05, 0) is 27.7 Å². The van der Waals surface area contributed by atoms with E-state index in [0.717, 1.165) is 11.8 Å². The number of amides is 1. The fraction of sp³-hybridized carbons (Fsp3) is 0.429. The van der Waals surface area contributed by atoms with Crippen molar-refractivity contribution in [3.05, 3.63) is 35.9 Å². The predicted molar refractivity (Wildman–Crippen MR) is 71.7 cm³/mol. The summed E-state index contributed by atoms with van der Waals surface area (Å²) < 4.78 is 4.93. The highest BCUT2D eigenvalue weighted by Crippen LogP contribution is 2.05. The van der Waals surface area contributed by atoms with E-state index < -0.39 is 0 Å². The molecule has 0 radical (unpaired) electrons.